The van der Waals surface area contributed by atoms with Crippen LogP contribution in [0, 0.1) is 18.2 Å². The Bertz CT molecular complexity index is 409. The number of benzene rings is 1. The van der Waals surface area contributed by atoms with Gasteiger partial charge in [0.2, 0.25) is 0 Å². The van der Waals surface area contributed by atoms with Gasteiger partial charge in [0.15, 0.2) is 0 Å². The Hall–Kier alpha value is -1.97. The maximum absolute atomic E-state index is 13.1. The van der Waals surface area contributed by atoms with Crippen molar-refractivity contribution in [2.75, 3.05) is 0 Å². The number of hydrogen-bond acceptors (Lipinski definition) is 2. The topological polar surface area (TPSA) is 44.2 Å². The summed E-state index contributed by atoms with van der Waals surface area (Å²) in [6.45, 7) is 5.14. The van der Waals surface area contributed by atoms with Gasteiger partial charge in [0.25, 0.3) is 0 Å². The normalized spacial score (nSPS) is 11.6. The minimum Gasteiger partial charge on any atom is -0.326 e. The number of aldehydes is 1. The molecular formula is C12H13FN2O. The van der Waals surface area contributed by atoms with Gasteiger partial charge in [-0.25, -0.2) is 4.39 Å². The van der Waals surface area contributed by atoms with E-state index in [1.807, 2.05) is 0 Å². The van der Waals surface area contributed by atoms with Gasteiger partial charge in [-0.3, -0.25) is 5.41 Å². The summed E-state index contributed by atoms with van der Waals surface area (Å²) in [5.41, 5.74) is 1.11. The number of carbonyl (C=O) groups excluding carboxylic acids is 1. The van der Waals surface area contributed by atoms with Crippen LogP contribution in [0.3, 0.4) is 0 Å². The van der Waals surface area contributed by atoms with Crippen LogP contribution in [-0.4, -0.2) is 17.5 Å². The molecular weight excluding hydrogens is 207 g/mol. The Balaban J connectivity index is 3.12. The molecule has 0 aliphatic heterocycles. The lowest BCUT2D eigenvalue weighted by Crippen LogP contribution is -2.22. The van der Waals surface area contributed by atoms with E-state index < -0.39 is 6.04 Å². The van der Waals surface area contributed by atoms with Crippen molar-refractivity contribution < 1.29 is 9.18 Å². The summed E-state index contributed by atoms with van der Waals surface area (Å²) in [6.07, 6.45) is 3.08. The molecule has 0 saturated heterocycles. The van der Waals surface area contributed by atoms with Crippen molar-refractivity contribution in [2.45, 2.75) is 13.0 Å². The van der Waals surface area contributed by atoms with Gasteiger partial charge < -0.3 is 9.69 Å². The van der Waals surface area contributed by atoms with Crippen molar-refractivity contribution in [3.8, 4) is 0 Å². The Kier molecular flexibility index (Phi) is 3.94. The average Bonchev–Trinajstić information content (AvgIpc) is 2.29. The first-order valence-electron chi connectivity index (χ1n) is 4.76. The van der Waals surface area contributed by atoms with E-state index in [1.165, 1.54) is 23.2 Å². The smallest absolute Gasteiger partial charge is 0.147 e. The molecule has 0 fully saturated rings. The molecule has 0 aromatic heterocycles. The predicted molar refractivity (Wildman–Crippen MR) is 60.8 cm³/mol. The van der Waals surface area contributed by atoms with Crippen LogP contribution in [0.1, 0.15) is 17.2 Å². The van der Waals surface area contributed by atoms with E-state index in [0.717, 1.165) is 6.34 Å². The highest BCUT2D eigenvalue weighted by Gasteiger charge is 2.15. The van der Waals surface area contributed by atoms with Crippen molar-refractivity contribution >= 4 is 12.6 Å². The molecule has 0 radical (unpaired) electrons. The van der Waals surface area contributed by atoms with E-state index >= 15 is 0 Å². The largest absolute Gasteiger partial charge is 0.326 e. The van der Waals surface area contributed by atoms with Gasteiger partial charge in [0.05, 0.1) is 6.34 Å². The Morgan fingerprint density at radius 1 is 1.56 bits per heavy atom. The van der Waals surface area contributed by atoms with Crippen molar-refractivity contribution in [3.05, 3.63) is 47.9 Å². The number of nitrogens with one attached hydrogen (secondary N) is 1. The van der Waals surface area contributed by atoms with E-state index in [9.17, 15) is 9.18 Å². The van der Waals surface area contributed by atoms with E-state index in [2.05, 4.69) is 6.58 Å². The molecule has 1 aromatic carbocycles. The minimum atomic E-state index is -0.630. The maximum Gasteiger partial charge on any atom is 0.147 e. The molecule has 0 amide bonds. The van der Waals surface area contributed by atoms with Gasteiger partial charge in [-0.1, -0.05) is 18.7 Å². The first-order chi connectivity index (χ1) is 7.63. The molecule has 1 atom stereocenters. The number of rotatable bonds is 5. The predicted octanol–water partition coefficient (Wildman–Crippen LogP) is 2.43. The zero-order valence-electron chi connectivity index (χ0n) is 8.98. The van der Waals surface area contributed by atoms with Gasteiger partial charge in [-0.2, -0.15) is 0 Å². The third-order valence-corrected chi connectivity index (χ3v) is 2.33. The fraction of sp³-hybridized carbons (Fsp3) is 0.167. The lowest BCUT2D eigenvalue weighted by atomic mass is 10.0. The summed E-state index contributed by atoms with van der Waals surface area (Å²) in [7, 11) is 0. The third-order valence-electron chi connectivity index (χ3n) is 2.33. The monoisotopic (exact) mass is 220 g/mol. The standard InChI is InChI=1S/C12H13FN2O/c1-3-15(8-14)12(7-16)10-4-5-11(13)9(2)6-10/h3-8,12,14H,1H2,2H3. The molecule has 1 N–H and O–H groups in total. The van der Waals surface area contributed by atoms with Crippen molar-refractivity contribution in [1.29, 1.82) is 5.41 Å². The first-order valence-corrected chi connectivity index (χ1v) is 4.76. The molecule has 1 aromatic rings. The lowest BCUT2D eigenvalue weighted by molar-refractivity contribution is -0.110. The molecule has 0 bridgehead atoms. The van der Waals surface area contributed by atoms with E-state index in [-0.39, 0.29) is 5.82 Å². The summed E-state index contributed by atoms with van der Waals surface area (Å²) in [4.78, 5) is 12.3. The van der Waals surface area contributed by atoms with Crippen LogP contribution >= 0.6 is 0 Å². The Morgan fingerprint density at radius 3 is 2.69 bits per heavy atom. The SMILES string of the molecule is C=CN(C=N)C(C=O)c1ccc(F)c(C)c1. The van der Waals surface area contributed by atoms with Crippen LogP contribution in [0.2, 0.25) is 0 Å². The summed E-state index contributed by atoms with van der Waals surface area (Å²) >= 11 is 0. The molecule has 0 saturated carbocycles. The van der Waals surface area contributed by atoms with Crippen LogP contribution in [0.15, 0.2) is 31.0 Å². The van der Waals surface area contributed by atoms with Crippen molar-refractivity contribution in [2.24, 2.45) is 0 Å². The highest BCUT2D eigenvalue weighted by atomic mass is 19.1. The van der Waals surface area contributed by atoms with Gasteiger partial charge >= 0.3 is 0 Å². The lowest BCUT2D eigenvalue weighted by Gasteiger charge is -2.21. The molecule has 1 rings (SSSR count). The molecule has 4 heteroatoms. The summed E-state index contributed by atoms with van der Waals surface area (Å²) in [6, 6.07) is 3.80. The third kappa shape index (κ3) is 2.34. The van der Waals surface area contributed by atoms with Crippen LogP contribution in [-0.2, 0) is 4.79 Å². The Labute approximate surface area is 93.7 Å². The van der Waals surface area contributed by atoms with E-state index in [1.54, 1.807) is 13.0 Å². The number of aryl methyl sites for hydroxylation is 1. The van der Waals surface area contributed by atoms with E-state index in [4.69, 9.17) is 5.41 Å². The maximum atomic E-state index is 13.1. The Morgan fingerprint density at radius 2 is 2.25 bits per heavy atom. The fourth-order valence-electron chi connectivity index (χ4n) is 1.42. The highest BCUT2D eigenvalue weighted by Crippen LogP contribution is 2.20. The van der Waals surface area contributed by atoms with Gasteiger partial charge in [-0.05, 0) is 30.3 Å². The summed E-state index contributed by atoms with van der Waals surface area (Å²) < 4.78 is 13.1. The molecule has 0 heterocycles. The molecule has 1 unspecified atom stereocenters. The highest BCUT2D eigenvalue weighted by molar-refractivity contribution is 5.68. The molecule has 84 valence electrons. The molecule has 0 spiro atoms. The van der Waals surface area contributed by atoms with Gasteiger partial charge in [-0.15, -0.1) is 0 Å². The van der Waals surface area contributed by atoms with Crippen LogP contribution in [0.4, 0.5) is 4.39 Å². The average molecular weight is 220 g/mol. The molecule has 0 aliphatic carbocycles. The summed E-state index contributed by atoms with van der Waals surface area (Å²) in [5, 5.41) is 7.14. The number of nitrogens with zero attached hydrogens (tertiary/aromatic N) is 1. The van der Waals surface area contributed by atoms with Crippen LogP contribution in [0.5, 0.6) is 0 Å². The molecule has 16 heavy (non-hydrogen) atoms. The number of carbonyl (C=O) groups is 1. The fourth-order valence-corrected chi connectivity index (χ4v) is 1.42. The van der Waals surface area contributed by atoms with Crippen LogP contribution in [0.25, 0.3) is 0 Å². The summed E-state index contributed by atoms with van der Waals surface area (Å²) in [5.74, 6) is -0.312. The first kappa shape index (κ1) is 12.1. The van der Waals surface area contributed by atoms with Gasteiger partial charge in [0.1, 0.15) is 18.1 Å². The van der Waals surface area contributed by atoms with Gasteiger partial charge in [0, 0.05) is 0 Å². The molecule has 3 nitrogen and oxygen atoms in total. The second kappa shape index (κ2) is 5.21. The minimum absolute atomic E-state index is 0.312. The number of hydrogen-bond donors (Lipinski definition) is 1. The second-order valence-electron chi connectivity index (χ2n) is 3.35. The quantitative estimate of drug-likeness (QED) is 0.470. The van der Waals surface area contributed by atoms with Crippen molar-refractivity contribution in [1.82, 2.24) is 4.90 Å². The molecule has 0 aliphatic rings. The second-order valence-corrected chi connectivity index (χ2v) is 3.35. The number of halogens is 1. The van der Waals surface area contributed by atoms with E-state index in [0.29, 0.717) is 17.4 Å². The van der Waals surface area contributed by atoms with Crippen molar-refractivity contribution in [3.63, 3.8) is 0 Å². The zero-order chi connectivity index (χ0) is 12.1. The zero-order valence-corrected chi connectivity index (χ0v) is 8.98. The van der Waals surface area contributed by atoms with Crippen LogP contribution < -0.4 is 0 Å².